The van der Waals surface area contributed by atoms with Crippen LogP contribution < -0.4 is 10.6 Å². The van der Waals surface area contributed by atoms with Crippen LogP contribution in [0.25, 0.3) is 0 Å². The van der Waals surface area contributed by atoms with Gasteiger partial charge in [-0.25, -0.2) is 0 Å². The summed E-state index contributed by atoms with van der Waals surface area (Å²) in [6.07, 6.45) is 4.72. The van der Waals surface area contributed by atoms with Gasteiger partial charge in [-0.1, -0.05) is 13.8 Å². The third-order valence-electron chi connectivity index (χ3n) is 6.59. The van der Waals surface area contributed by atoms with Crippen molar-refractivity contribution in [2.75, 3.05) is 12.8 Å². The van der Waals surface area contributed by atoms with Crippen LogP contribution in [0.5, 0.6) is 0 Å². The lowest BCUT2D eigenvalue weighted by Gasteiger charge is -2.44. The van der Waals surface area contributed by atoms with Crippen molar-refractivity contribution >= 4 is 17.7 Å². The zero-order valence-electron chi connectivity index (χ0n) is 19.1. The molecule has 8 nitrogen and oxygen atoms in total. The Labute approximate surface area is 194 Å². The molecule has 2 fully saturated rings. The fourth-order valence-corrected chi connectivity index (χ4v) is 5.31. The molecule has 3 rings (SSSR count). The SMILES string of the molecule is CSC1OC(C(NC(=O)C2CC(CCCc3ccncc3)CN2)C(C)C)C(O)C(O)C1O. The molecule has 0 spiro atoms. The summed E-state index contributed by atoms with van der Waals surface area (Å²) >= 11 is 1.27. The van der Waals surface area contributed by atoms with E-state index in [-0.39, 0.29) is 17.9 Å². The molecule has 9 heteroatoms. The lowest BCUT2D eigenvalue weighted by molar-refractivity contribution is -0.208. The fraction of sp³-hybridized carbons (Fsp3) is 0.739. The van der Waals surface area contributed by atoms with Crippen molar-refractivity contribution in [2.45, 2.75) is 81.5 Å². The first-order chi connectivity index (χ1) is 15.3. The van der Waals surface area contributed by atoms with Gasteiger partial charge in [0.15, 0.2) is 0 Å². The molecule has 180 valence electrons. The van der Waals surface area contributed by atoms with Crippen LogP contribution in [0.15, 0.2) is 24.5 Å². The molecule has 2 aliphatic heterocycles. The zero-order valence-corrected chi connectivity index (χ0v) is 19.9. The molecule has 0 radical (unpaired) electrons. The van der Waals surface area contributed by atoms with Gasteiger partial charge < -0.3 is 30.7 Å². The lowest BCUT2D eigenvalue weighted by atomic mass is 9.88. The summed E-state index contributed by atoms with van der Waals surface area (Å²) in [5.41, 5.74) is 0.618. The van der Waals surface area contributed by atoms with Gasteiger partial charge in [-0.05, 0) is 68.0 Å². The largest absolute Gasteiger partial charge is 0.388 e. The normalized spacial score (nSPS) is 33.9. The van der Waals surface area contributed by atoms with E-state index >= 15 is 0 Å². The quantitative estimate of drug-likeness (QED) is 0.359. The summed E-state index contributed by atoms with van der Waals surface area (Å²) in [7, 11) is 0. The minimum Gasteiger partial charge on any atom is -0.388 e. The Morgan fingerprint density at radius 2 is 1.97 bits per heavy atom. The molecule has 32 heavy (non-hydrogen) atoms. The van der Waals surface area contributed by atoms with Gasteiger partial charge in [-0.15, -0.1) is 11.8 Å². The highest BCUT2D eigenvalue weighted by molar-refractivity contribution is 7.99. The predicted octanol–water partition coefficient (Wildman–Crippen LogP) is 0.694. The lowest BCUT2D eigenvalue weighted by Crippen LogP contribution is -2.64. The van der Waals surface area contributed by atoms with E-state index in [1.54, 1.807) is 6.26 Å². The van der Waals surface area contributed by atoms with Crippen molar-refractivity contribution in [2.24, 2.45) is 11.8 Å². The van der Waals surface area contributed by atoms with Crippen LogP contribution in [-0.2, 0) is 16.0 Å². The second kappa shape index (κ2) is 11.8. The molecule has 2 aliphatic rings. The maximum Gasteiger partial charge on any atom is 0.237 e. The molecule has 1 aromatic heterocycles. The van der Waals surface area contributed by atoms with Crippen LogP contribution in [0.3, 0.4) is 0 Å². The molecule has 3 heterocycles. The Morgan fingerprint density at radius 3 is 2.62 bits per heavy atom. The second-order valence-electron chi connectivity index (χ2n) is 9.27. The van der Waals surface area contributed by atoms with E-state index in [9.17, 15) is 20.1 Å². The first kappa shape index (κ1) is 25.4. The van der Waals surface area contributed by atoms with Gasteiger partial charge in [0, 0.05) is 12.4 Å². The molecule has 0 aromatic carbocycles. The Bertz CT molecular complexity index is 723. The zero-order chi connectivity index (χ0) is 23.3. The molecule has 1 aromatic rings. The monoisotopic (exact) mass is 467 g/mol. The number of aliphatic hydroxyl groups excluding tert-OH is 3. The molecular formula is C23H37N3O5S. The van der Waals surface area contributed by atoms with Crippen molar-refractivity contribution in [1.82, 2.24) is 15.6 Å². The van der Waals surface area contributed by atoms with E-state index in [0.29, 0.717) is 5.92 Å². The number of rotatable bonds is 9. The van der Waals surface area contributed by atoms with Crippen LogP contribution >= 0.6 is 11.8 Å². The molecule has 0 aliphatic carbocycles. The van der Waals surface area contributed by atoms with Gasteiger partial charge >= 0.3 is 0 Å². The number of nitrogens with one attached hydrogen (secondary N) is 2. The number of hydrogen-bond acceptors (Lipinski definition) is 8. The van der Waals surface area contributed by atoms with Gasteiger partial charge in [-0.3, -0.25) is 9.78 Å². The van der Waals surface area contributed by atoms with Crippen molar-refractivity contribution in [3.05, 3.63) is 30.1 Å². The summed E-state index contributed by atoms with van der Waals surface area (Å²) in [5.74, 6) is 0.304. The Balaban J connectivity index is 1.52. The molecule has 2 saturated heterocycles. The van der Waals surface area contributed by atoms with Crippen LogP contribution in [-0.4, -0.2) is 80.9 Å². The van der Waals surface area contributed by atoms with Gasteiger partial charge in [0.1, 0.15) is 29.9 Å². The van der Waals surface area contributed by atoms with Crippen LogP contribution in [0.4, 0.5) is 0 Å². The number of pyridine rings is 1. The number of aromatic nitrogens is 1. The van der Waals surface area contributed by atoms with E-state index in [1.807, 2.05) is 38.4 Å². The number of aryl methyl sites for hydroxylation is 1. The van der Waals surface area contributed by atoms with E-state index < -0.39 is 35.9 Å². The molecule has 8 atom stereocenters. The number of aliphatic hydroxyl groups is 3. The van der Waals surface area contributed by atoms with E-state index in [1.165, 1.54) is 17.3 Å². The third kappa shape index (κ3) is 6.21. The highest BCUT2D eigenvalue weighted by atomic mass is 32.2. The number of hydrogen-bond donors (Lipinski definition) is 5. The van der Waals surface area contributed by atoms with Gasteiger partial charge in [-0.2, -0.15) is 0 Å². The highest BCUT2D eigenvalue weighted by Gasteiger charge is 2.47. The Morgan fingerprint density at radius 1 is 1.25 bits per heavy atom. The average molecular weight is 468 g/mol. The predicted molar refractivity (Wildman–Crippen MR) is 124 cm³/mol. The summed E-state index contributed by atoms with van der Waals surface area (Å²) in [5, 5.41) is 37.3. The molecule has 0 bridgehead atoms. The fourth-order valence-electron chi connectivity index (χ4n) is 4.63. The summed E-state index contributed by atoms with van der Waals surface area (Å²) in [4.78, 5) is 17.1. The standard InChI is InChI=1S/C23H37N3O5S/c1-13(2)17(21-19(28)18(27)20(29)23(31-21)32-3)26-22(30)16-11-15(12-25-16)6-4-5-14-7-9-24-10-8-14/h7-10,13,15-21,23,25,27-29H,4-6,11-12H2,1-3H3,(H,26,30). The number of ether oxygens (including phenoxy) is 1. The molecule has 0 saturated carbocycles. The van der Waals surface area contributed by atoms with Crippen molar-refractivity contribution in [3.63, 3.8) is 0 Å². The summed E-state index contributed by atoms with van der Waals surface area (Å²) in [6.45, 7) is 4.69. The van der Waals surface area contributed by atoms with Gasteiger partial charge in [0.2, 0.25) is 5.91 Å². The van der Waals surface area contributed by atoms with Crippen molar-refractivity contribution < 1.29 is 24.9 Å². The van der Waals surface area contributed by atoms with E-state index in [2.05, 4.69) is 15.6 Å². The van der Waals surface area contributed by atoms with Crippen molar-refractivity contribution in [3.8, 4) is 0 Å². The summed E-state index contributed by atoms with van der Waals surface area (Å²) < 4.78 is 5.90. The van der Waals surface area contributed by atoms with Crippen LogP contribution in [0, 0.1) is 11.8 Å². The number of nitrogens with zero attached hydrogens (tertiary/aromatic N) is 1. The minimum absolute atomic E-state index is 0.0267. The summed E-state index contributed by atoms with van der Waals surface area (Å²) in [6, 6.07) is 3.31. The number of amides is 1. The smallest absolute Gasteiger partial charge is 0.237 e. The highest BCUT2D eigenvalue weighted by Crippen LogP contribution is 2.30. The molecular weight excluding hydrogens is 430 g/mol. The number of thioether (sulfide) groups is 1. The topological polar surface area (TPSA) is 124 Å². The molecule has 8 unspecified atom stereocenters. The number of carbonyl (C=O) groups is 1. The average Bonchev–Trinajstić information content (AvgIpc) is 3.26. The third-order valence-corrected chi connectivity index (χ3v) is 7.44. The Kier molecular flexibility index (Phi) is 9.33. The maximum atomic E-state index is 13.0. The van der Waals surface area contributed by atoms with Gasteiger partial charge in [0.25, 0.3) is 0 Å². The minimum atomic E-state index is -1.32. The Hall–Kier alpha value is -1.23. The van der Waals surface area contributed by atoms with Crippen molar-refractivity contribution in [1.29, 1.82) is 0 Å². The second-order valence-corrected chi connectivity index (χ2v) is 10.2. The molecule has 1 amide bonds. The molecule has 5 N–H and O–H groups in total. The first-order valence-electron chi connectivity index (χ1n) is 11.5. The van der Waals surface area contributed by atoms with Gasteiger partial charge in [0.05, 0.1) is 12.1 Å². The van der Waals surface area contributed by atoms with E-state index in [0.717, 1.165) is 32.2 Å². The van der Waals surface area contributed by atoms with Crippen LogP contribution in [0.2, 0.25) is 0 Å². The first-order valence-corrected chi connectivity index (χ1v) is 12.8. The van der Waals surface area contributed by atoms with Crippen LogP contribution in [0.1, 0.15) is 38.7 Å². The number of carbonyl (C=O) groups excluding carboxylic acids is 1. The van der Waals surface area contributed by atoms with E-state index in [4.69, 9.17) is 4.74 Å². The maximum absolute atomic E-state index is 13.0.